The van der Waals surface area contributed by atoms with Crippen LogP contribution in [0.3, 0.4) is 0 Å². The first-order chi connectivity index (χ1) is 9.06. The van der Waals surface area contributed by atoms with E-state index in [1.165, 1.54) is 12.8 Å². The average Bonchev–Trinajstić information content (AvgIpc) is 2.39. The van der Waals surface area contributed by atoms with Gasteiger partial charge >= 0.3 is 5.97 Å². The van der Waals surface area contributed by atoms with E-state index in [9.17, 15) is 4.79 Å². The predicted molar refractivity (Wildman–Crippen MR) is 82.6 cm³/mol. The molecule has 0 bridgehead atoms. The lowest BCUT2D eigenvalue weighted by atomic mass is 9.83. The zero-order valence-corrected chi connectivity index (χ0v) is 13.9. The Labute approximate surface area is 126 Å². The Kier molecular flexibility index (Phi) is 8.00. The topological polar surface area (TPSA) is 38.3 Å². The van der Waals surface area contributed by atoms with E-state index in [0.717, 1.165) is 44.1 Å². The molecular weight excluding hydrogens is 306 g/mol. The van der Waals surface area contributed by atoms with Gasteiger partial charge in [0.05, 0.1) is 0 Å². The molecule has 1 aliphatic rings. The summed E-state index contributed by atoms with van der Waals surface area (Å²) in [5.74, 6) is 0.466. The third-order valence-electron chi connectivity index (χ3n) is 3.96. The van der Waals surface area contributed by atoms with Crippen LogP contribution in [0.4, 0.5) is 0 Å². The van der Waals surface area contributed by atoms with E-state index in [1.54, 1.807) is 0 Å². The fourth-order valence-corrected chi connectivity index (χ4v) is 3.06. The molecule has 0 radical (unpaired) electrons. The normalized spacial score (nSPS) is 17.4. The number of esters is 1. The van der Waals surface area contributed by atoms with E-state index in [4.69, 9.17) is 4.74 Å². The van der Waals surface area contributed by atoms with Crippen molar-refractivity contribution in [3.63, 3.8) is 0 Å². The molecular formula is C15H28BrNO2. The van der Waals surface area contributed by atoms with E-state index in [0.29, 0.717) is 12.3 Å². The molecule has 0 aliphatic carbocycles. The summed E-state index contributed by atoms with van der Waals surface area (Å²) >= 11 is 3.42. The van der Waals surface area contributed by atoms with Gasteiger partial charge < -0.3 is 10.1 Å². The number of hydrogen-bond acceptors (Lipinski definition) is 3. The Hall–Kier alpha value is -0.0900. The maximum atomic E-state index is 11.9. The van der Waals surface area contributed by atoms with E-state index in [-0.39, 0.29) is 11.6 Å². The second-order valence-corrected chi connectivity index (χ2v) is 6.75. The molecule has 0 spiro atoms. The highest BCUT2D eigenvalue weighted by molar-refractivity contribution is 9.09. The SMILES string of the molecule is CC(C)(OC(=O)CCCCCCBr)C1CCNCC1. The smallest absolute Gasteiger partial charge is 0.306 e. The van der Waals surface area contributed by atoms with Crippen molar-refractivity contribution in [3.8, 4) is 0 Å². The highest BCUT2D eigenvalue weighted by Gasteiger charge is 2.33. The second-order valence-electron chi connectivity index (χ2n) is 5.95. The van der Waals surface area contributed by atoms with E-state index < -0.39 is 0 Å². The highest BCUT2D eigenvalue weighted by atomic mass is 79.9. The van der Waals surface area contributed by atoms with Crippen LogP contribution in [-0.2, 0) is 9.53 Å². The average molecular weight is 334 g/mol. The number of carbonyl (C=O) groups is 1. The number of rotatable bonds is 8. The summed E-state index contributed by atoms with van der Waals surface area (Å²) in [5.41, 5.74) is -0.310. The van der Waals surface area contributed by atoms with Crippen LogP contribution in [0.2, 0.25) is 0 Å². The maximum absolute atomic E-state index is 11.9. The summed E-state index contributed by atoms with van der Waals surface area (Å²) in [6.45, 7) is 6.20. The fraction of sp³-hybridized carbons (Fsp3) is 0.933. The van der Waals surface area contributed by atoms with Gasteiger partial charge in [-0.25, -0.2) is 0 Å². The van der Waals surface area contributed by atoms with Crippen molar-refractivity contribution in [2.45, 2.75) is 64.4 Å². The Morgan fingerprint density at radius 2 is 1.84 bits per heavy atom. The van der Waals surface area contributed by atoms with Gasteiger partial charge in [-0.15, -0.1) is 0 Å². The lowest BCUT2D eigenvalue weighted by molar-refractivity contribution is -0.162. The monoisotopic (exact) mass is 333 g/mol. The first-order valence-electron chi connectivity index (χ1n) is 7.55. The van der Waals surface area contributed by atoms with Crippen LogP contribution in [0, 0.1) is 5.92 Å². The van der Waals surface area contributed by atoms with Crippen LogP contribution >= 0.6 is 15.9 Å². The quantitative estimate of drug-likeness (QED) is 0.418. The minimum Gasteiger partial charge on any atom is -0.459 e. The van der Waals surface area contributed by atoms with Crippen molar-refractivity contribution < 1.29 is 9.53 Å². The number of halogens is 1. The van der Waals surface area contributed by atoms with Gasteiger partial charge in [0.1, 0.15) is 5.60 Å². The Morgan fingerprint density at radius 3 is 2.47 bits per heavy atom. The molecule has 1 saturated heterocycles. The second kappa shape index (κ2) is 8.96. The fourth-order valence-electron chi connectivity index (χ4n) is 2.66. The minimum atomic E-state index is -0.310. The van der Waals surface area contributed by atoms with Crippen molar-refractivity contribution >= 4 is 21.9 Å². The number of hydrogen-bond donors (Lipinski definition) is 1. The van der Waals surface area contributed by atoms with Crippen LogP contribution in [0.5, 0.6) is 0 Å². The summed E-state index contributed by atoms with van der Waals surface area (Å²) in [7, 11) is 0. The summed E-state index contributed by atoms with van der Waals surface area (Å²) in [6.07, 6.45) is 7.22. The van der Waals surface area contributed by atoms with Crippen LogP contribution in [0.25, 0.3) is 0 Å². The van der Waals surface area contributed by atoms with Crippen LogP contribution in [-0.4, -0.2) is 30.0 Å². The van der Waals surface area contributed by atoms with Gasteiger partial charge in [-0.05, 0) is 52.6 Å². The van der Waals surface area contributed by atoms with Crippen LogP contribution in [0.15, 0.2) is 0 Å². The van der Waals surface area contributed by atoms with Crippen LogP contribution in [0.1, 0.15) is 58.8 Å². The maximum Gasteiger partial charge on any atom is 0.306 e. The molecule has 112 valence electrons. The summed E-state index contributed by atoms with van der Waals surface area (Å²) < 4.78 is 5.71. The molecule has 1 rings (SSSR count). The Balaban J connectivity index is 2.21. The number of nitrogens with one attached hydrogen (secondary N) is 1. The third kappa shape index (κ3) is 6.75. The molecule has 4 heteroatoms. The molecule has 1 fully saturated rings. The zero-order valence-electron chi connectivity index (χ0n) is 12.3. The molecule has 0 saturated carbocycles. The molecule has 0 aromatic heterocycles. The Bertz CT molecular complexity index is 263. The van der Waals surface area contributed by atoms with Gasteiger partial charge in [0, 0.05) is 17.7 Å². The van der Waals surface area contributed by atoms with Gasteiger partial charge in [0.15, 0.2) is 0 Å². The zero-order chi connectivity index (χ0) is 14.1. The van der Waals surface area contributed by atoms with Crippen molar-refractivity contribution in [3.05, 3.63) is 0 Å². The molecule has 0 unspecified atom stereocenters. The van der Waals surface area contributed by atoms with E-state index in [1.807, 2.05) is 0 Å². The van der Waals surface area contributed by atoms with Crippen molar-refractivity contribution in [2.75, 3.05) is 18.4 Å². The predicted octanol–water partition coefficient (Wildman–Crippen LogP) is 3.65. The molecule has 1 N–H and O–H groups in total. The number of alkyl halides is 1. The highest BCUT2D eigenvalue weighted by Crippen LogP contribution is 2.29. The lowest BCUT2D eigenvalue weighted by Gasteiger charge is -2.36. The Morgan fingerprint density at radius 1 is 1.21 bits per heavy atom. The molecule has 1 heterocycles. The summed E-state index contributed by atoms with van der Waals surface area (Å²) in [4.78, 5) is 11.9. The first kappa shape index (κ1) is 17.0. The summed E-state index contributed by atoms with van der Waals surface area (Å²) in [5, 5.41) is 4.41. The summed E-state index contributed by atoms with van der Waals surface area (Å²) in [6, 6.07) is 0. The minimum absolute atomic E-state index is 0.0256. The standard InChI is InChI=1S/C15H28BrNO2/c1-15(2,13-8-11-17-12-9-13)19-14(18)7-5-3-4-6-10-16/h13,17H,3-12H2,1-2H3. The molecule has 0 atom stereocenters. The lowest BCUT2D eigenvalue weighted by Crippen LogP contribution is -2.42. The van der Waals surface area contributed by atoms with Gasteiger partial charge in [-0.2, -0.15) is 0 Å². The van der Waals surface area contributed by atoms with Crippen molar-refractivity contribution in [1.29, 1.82) is 0 Å². The van der Waals surface area contributed by atoms with Gasteiger partial charge in [-0.3, -0.25) is 4.79 Å². The molecule has 19 heavy (non-hydrogen) atoms. The van der Waals surface area contributed by atoms with E-state index >= 15 is 0 Å². The van der Waals surface area contributed by atoms with Gasteiger partial charge in [0.2, 0.25) is 0 Å². The molecule has 3 nitrogen and oxygen atoms in total. The van der Waals surface area contributed by atoms with Crippen LogP contribution < -0.4 is 5.32 Å². The van der Waals surface area contributed by atoms with Gasteiger partial charge in [0.25, 0.3) is 0 Å². The van der Waals surface area contributed by atoms with Crippen molar-refractivity contribution in [2.24, 2.45) is 5.92 Å². The molecule has 0 aromatic rings. The third-order valence-corrected chi connectivity index (χ3v) is 4.52. The van der Waals surface area contributed by atoms with Gasteiger partial charge in [-0.1, -0.05) is 28.8 Å². The molecule has 0 amide bonds. The number of piperidine rings is 1. The number of ether oxygens (including phenoxy) is 1. The molecule has 0 aromatic carbocycles. The molecule has 1 aliphatic heterocycles. The number of unbranched alkanes of at least 4 members (excludes halogenated alkanes) is 3. The number of carbonyl (C=O) groups excluding carboxylic acids is 1. The first-order valence-corrected chi connectivity index (χ1v) is 8.67. The van der Waals surface area contributed by atoms with E-state index in [2.05, 4.69) is 35.1 Å². The largest absolute Gasteiger partial charge is 0.459 e. The van der Waals surface area contributed by atoms with Crippen molar-refractivity contribution in [1.82, 2.24) is 5.32 Å².